The van der Waals surface area contributed by atoms with Crippen LogP contribution in [0.5, 0.6) is 0 Å². The van der Waals surface area contributed by atoms with E-state index in [0.717, 1.165) is 30.1 Å². The van der Waals surface area contributed by atoms with Gasteiger partial charge in [-0.25, -0.2) is 0 Å². The molecule has 0 bridgehead atoms. The molecule has 0 radical (unpaired) electrons. The molecule has 1 heterocycles. The number of Topliss-reactive ketones (excluding diaryl/α,β-unsaturated/α-hetero) is 1. The van der Waals surface area contributed by atoms with Gasteiger partial charge < -0.3 is 10.6 Å². The number of likely N-dealkylation sites (tertiary alicyclic amines) is 1. The van der Waals surface area contributed by atoms with Gasteiger partial charge >= 0.3 is 0 Å². The molecule has 0 aromatic carbocycles. The Labute approximate surface area is 215 Å². The summed E-state index contributed by atoms with van der Waals surface area (Å²) < 4.78 is 0. The SMILES string of the molecule is CC(C)C.CCC(=O)NCCCCC(NC)C(C)=O.CCCCCC.CN1C(=O)CC(S)C1=O. The van der Waals surface area contributed by atoms with Crippen molar-refractivity contribution in [2.45, 2.75) is 118 Å². The van der Waals surface area contributed by atoms with Crippen molar-refractivity contribution in [2.24, 2.45) is 5.92 Å². The Kier molecular flexibility index (Phi) is 27.0. The lowest BCUT2D eigenvalue weighted by Crippen LogP contribution is -2.32. The third-order valence-corrected chi connectivity index (χ3v) is 5.12. The van der Waals surface area contributed by atoms with Gasteiger partial charge in [-0.3, -0.25) is 24.1 Å². The highest BCUT2D eigenvalue weighted by Crippen LogP contribution is 2.14. The van der Waals surface area contributed by atoms with E-state index in [4.69, 9.17) is 0 Å². The van der Waals surface area contributed by atoms with E-state index in [1.807, 2.05) is 6.92 Å². The van der Waals surface area contributed by atoms with E-state index in [-0.39, 0.29) is 36.0 Å². The fraction of sp³-hybridized carbons (Fsp3) is 0.846. The smallest absolute Gasteiger partial charge is 0.242 e. The molecule has 0 spiro atoms. The third kappa shape index (κ3) is 23.7. The first-order valence-corrected chi connectivity index (χ1v) is 13.3. The second-order valence-electron chi connectivity index (χ2n) is 9.10. The van der Waals surface area contributed by atoms with Crippen molar-refractivity contribution < 1.29 is 19.2 Å². The van der Waals surface area contributed by atoms with Crippen molar-refractivity contribution in [3.63, 3.8) is 0 Å². The van der Waals surface area contributed by atoms with E-state index >= 15 is 0 Å². The minimum absolute atomic E-state index is 0.0353. The van der Waals surface area contributed by atoms with Gasteiger partial charge in [0.15, 0.2) is 0 Å². The summed E-state index contributed by atoms with van der Waals surface area (Å²) >= 11 is 3.89. The predicted molar refractivity (Wildman–Crippen MR) is 146 cm³/mol. The van der Waals surface area contributed by atoms with Gasteiger partial charge in [-0.05, 0) is 39.2 Å². The predicted octanol–water partition coefficient (Wildman–Crippen LogP) is 4.78. The molecule has 2 unspecified atom stereocenters. The van der Waals surface area contributed by atoms with Crippen molar-refractivity contribution in [1.82, 2.24) is 15.5 Å². The molecule has 1 aliphatic heterocycles. The highest BCUT2D eigenvalue weighted by Gasteiger charge is 2.33. The van der Waals surface area contributed by atoms with Crippen molar-refractivity contribution in [3.05, 3.63) is 0 Å². The van der Waals surface area contributed by atoms with Crippen LogP contribution in [-0.2, 0) is 19.2 Å². The average Bonchev–Trinajstić information content (AvgIpc) is 3.00. The molecular formula is C26H53N3O4S. The quantitative estimate of drug-likeness (QED) is 0.214. The van der Waals surface area contributed by atoms with E-state index < -0.39 is 5.25 Å². The maximum atomic E-state index is 11.1. The Morgan fingerprint density at radius 3 is 1.79 bits per heavy atom. The Bertz CT molecular complexity index is 549. The van der Waals surface area contributed by atoms with Crippen LogP contribution in [0.2, 0.25) is 0 Å². The zero-order valence-corrected chi connectivity index (χ0v) is 24.2. The standard InChI is InChI=1S/C11H22N2O2.C6H14.C5H7NO2S.C4H10/c1-4-11(15)13-8-6-5-7-10(12-3)9(2)14;1-3-5-6-4-2;1-6-4(7)2-3(9)5(6)8;1-4(2)3/h10,12H,4-8H2,1-3H3,(H,13,15);3-6H2,1-2H3;3,9H,2H2,1H3;4H,1-3H3. The van der Waals surface area contributed by atoms with E-state index in [1.54, 1.807) is 14.0 Å². The maximum absolute atomic E-state index is 11.1. The van der Waals surface area contributed by atoms with Crippen LogP contribution >= 0.6 is 12.6 Å². The fourth-order valence-corrected chi connectivity index (χ4v) is 2.94. The minimum Gasteiger partial charge on any atom is -0.356 e. The van der Waals surface area contributed by atoms with Crippen LogP contribution in [0, 0.1) is 5.92 Å². The lowest BCUT2D eigenvalue weighted by Gasteiger charge is -2.12. The maximum Gasteiger partial charge on any atom is 0.242 e. The molecule has 34 heavy (non-hydrogen) atoms. The first-order valence-electron chi connectivity index (χ1n) is 12.8. The number of hydrogen-bond donors (Lipinski definition) is 3. The molecule has 1 rings (SSSR count). The van der Waals surface area contributed by atoms with E-state index in [0.29, 0.717) is 13.0 Å². The topological polar surface area (TPSA) is 95.6 Å². The molecule has 1 fully saturated rings. The molecular weight excluding hydrogens is 450 g/mol. The van der Waals surface area contributed by atoms with Crippen LogP contribution in [-0.4, -0.2) is 60.3 Å². The number of amides is 3. The Balaban J connectivity index is -0.000000426. The van der Waals surface area contributed by atoms with Crippen LogP contribution in [0.3, 0.4) is 0 Å². The first kappa shape index (κ1) is 37.1. The normalized spacial score (nSPS) is 15.4. The molecule has 1 aliphatic rings. The Hall–Kier alpha value is -1.41. The number of likely N-dealkylation sites (N-methyl/N-ethyl adjacent to an activating group) is 1. The zero-order valence-electron chi connectivity index (χ0n) is 23.3. The summed E-state index contributed by atoms with van der Waals surface area (Å²) in [5, 5.41) is 5.38. The van der Waals surface area contributed by atoms with E-state index in [2.05, 4.69) is 57.9 Å². The molecule has 2 atom stereocenters. The van der Waals surface area contributed by atoms with Gasteiger partial charge in [0.2, 0.25) is 17.7 Å². The highest BCUT2D eigenvalue weighted by atomic mass is 32.1. The van der Waals surface area contributed by atoms with Crippen molar-refractivity contribution in [2.75, 3.05) is 20.6 Å². The molecule has 3 amide bonds. The molecule has 0 aromatic rings. The number of rotatable bonds is 11. The average molecular weight is 504 g/mol. The van der Waals surface area contributed by atoms with Crippen molar-refractivity contribution in [1.29, 1.82) is 0 Å². The first-order chi connectivity index (χ1) is 15.9. The largest absolute Gasteiger partial charge is 0.356 e. The number of unbranched alkanes of at least 4 members (excludes halogenated alkanes) is 4. The lowest BCUT2D eigenvalue weighted by molar-refractivity contribution is -0.136. The summed E-state index contributed by atoms with van der Waals surface area (Å²) in [6, 6.07) is -0.0353. The van der Waals surface area contributed by atoms with Crippen LogP contribution in [0.15, 0.2) is 0 Å². The fourth-order valence-electron chi connectivity index (χ4n) is 2.61. The van der Waals surface area contributed by atoms with Crippen LogP contribution in [0.1, 0.15) is 106 Å². The molecule has 1 saturated heterocycles. The van der Waals surface area contributed by atoms with Gasteiger partial charge in [-0.15, -0.1) is 0 Å². The van der Waals surface area contributed by atoms with Crippen LogP contribution in [0.25, 0.3) is 0 Å². The number of ketones is 1. The monoisotopic (exact) mass is 503 g/mol. The van der Waals surface area contributed by atoms with E-state index in [9.17, 15) is 19.2 Å². The number of nitrogens with zero attached hydrogens (tertiary/aromatic N) is 1. The van der Waals surface area contributed by atoms with Gasteiger partial charge in [0.05, 0.1) is 11.3 Å². The minimum atomic E-state index is -0.400. The second-order valence-corrected chi connectivity index (χ2v) is 9.72. The summed E-state index contributed by atoms with van der Waals surface area (Å²) in [7, 11) is 3.27. The molecule has 7 nitrogen and oxygen atoms in total. The second kappa shape index (κ2) is 24.7. The third-order valence-electron chi connectivity index (χ3n) is 4.72. The number of carbonyl (C=O) groups is 4. The Morgan fingerprint density at radius 1 is 1.03 bits per heavy atom. The number of nitrogens with one attached hydrogen (secondary N) is 2. The van der Waals surface area contributed by atoms with Gasteiger partial charge in [0, 0.05) is 26.4 Å². The molecule has 202 valence electrons. The number of imide groups is 1. The summed E-state index contributed by atoms with van der Waals surface area (Å²) in [6.07, 6.45) is 9.04. The van der Waals surface area contributed by atoms with Crippen molar-refractivity contribution >= 4 is 36.1 Å². The number of hydrogen-bond acceptors (Lipinski definition) is 6. The molecule has 0 aliphatic carbocycles. The molecule has 0 aromatic heterocycles. The molecule has 2 N–H and O–H groups in total. The summed E-state index contributed by atoms with van der Waals surface area (Å²) in [6.45, 7) is 15.1. The van der Waals surface area contributed by atoms with Gasteiger partial charge in [0.25, 0.3) is 0 Å². The zero-order chi connectivity index (χ0) is 27.1. The van der Waals surface area contributed by atoms with Gasteiger partial charge in [-0.2, -0.15) is 12.6 Å². The van der Waals surface area contributed by atoms with Crippen LogP contribution < -0.4 is 10.6 Å². The lowest BCUT2D eigenvalue weighted by atomic mass is 10.1. The van der Waals surface area contributed by atoms with Gasteiger partial charge in [0.1, 0.15) is 5.78 Å². The van der Waals surface area contributed by atoms with Crippen molar-refractivity contribution in [3.8, 4) is 0 Å². The van der Waals surface area contributed by atoms with Crippen LogP contribution in [0.4, 0.5) is 0 Å². The molecule has 0 saturated carbocycles. The Morgan fingerprint density at radius 2 is 1.53 bits per heavy atom. The van der Waals surface area contributed by atoms with Gasteiger partial charge in [-0.1, -0.05) is 67.2 Å². The van der Waals surface area contributed by atoms with E-state index in [1.165, 1.54) is 32.7 Å². The summed E-state index contributed by atoms with van der Waals surface area (Å²) in [5.41, 5.74) is 0. The number of carbonyl (C=O) groups excluding carboxylic acids is 4. The highest BCUT2D eigenvalue weighted by molar-refractivity contribution is 7.81. The molecule has 8 heteroatoms. The number of thiol groups is 1. The summed E-state index contributed by atoms with van der Waals surface area (Å²) in [5.74, 6) is 0.769. The summed E-state index contributed by atoms with van der Waals surface area (Å²) in [4.78, 5) is 44.5.